The van der Waals surface area contributed by atoms with Gasteiger partial charge in [-0.3, -0.25) is 9.36 Å². The second-order valence-corrected chi connectivity index (χ2v) is 4.90. The van der Waals surface area contributed by atoms with Gasteiger partial charge in [-0.2, -0.15) is 0 Å². The van der Waals surface area contributed by atoms with Crippen molar-refractivity contribution in [3.63, 3.8) is 0 Å². The third kappa shape index (κ3) is 2.63. The average molecular weight is 281 g/mol. The van der Waals surface area contributed by atoms with Crippen molar-refractivity contribution in [1.29, 1.82) is 0 Å². The van der Waals surface area contributed by atoms with Crippen molar-refractivity contribution in [3.05, 3.63) is 54.0 Å². The van der Waals surface area contributed by atoms with Crippen molar-refractivity contribution >= 4 is 17.1 Å². The number of pyridine rings is 1. The molecule has 5 heteroatoms. The molecule has 0 saturated carbocycles. The van der Waals surface area contributed by atoms with E-state index in [1.165, 1.54) is 0 Å². The van der Waals surface area contributed by atoms with Gasteiger partial charge in [-0.15, -0.1) is 0 Å². The van der Waals surface area contributed by atoms with E-state index in [0.29, 0.717) is 6.42 Å². The summed E-state index contributed by atoms with van der Waals surface area (Å²) in [5.41, 5.74) is 3.68. The summed E-state index contributed by atoms with van der Waals surface area (Å²) >= 11 is 0. The average Bonchev–Trinajstić information content (AvgIpc) is 2.81. The summed E-state index contributed by atoms with van der Waals surface area (Å²) in [5.74, 6) is 0.0988. The molecule has 0 fully saturated rings. The number of rotatable bonds is 4. The summed E-state index contributed by atoms with van der Waals surface area (Å²) in [4.78, 5) is 19.5. The number of fused-ring (bicyclic) bond motifs is 1. The molecule has 0 bridgehead atoms. The van der Waals surface area contributed by atoms with Gasteiger partial charge >= 0.3 is 5.97 Å². The summed E-state index contributed by atoms with van der Waals surface area (Å²) < 4.78 is 2.00. The van der Waals surface area contributed by atoms with Gasteiger partial charge in [0.25, 0.3) is 0 Å². The summed E-state index contributed by atoms with van der Waals surface area (Å²) in [6, 6.07) is 11.7. The molecule has 1 N–H and O–H groups in total. The van der Waals surface area contributed by atoms with Crippen molar-refractivity contribution < 1.29 is 9.90 Å². The molecule has 1 aromatic carbocycles. The van der Waals surface area contributed by atoms with E-state index >= 15 is 0 Å². The van der Waals surface area contributed by atoms with Crippen LogP contribution in [-0.4, -0.2) is 25.6 Å². The Hall–Kier alpha value is -2.69. The molecule has 0 amide bonds. The maximum Gasteiger partial charge on any atom is 0.303 e. The number of hydrogen-bond acceptors (Lipinski definition) is 3. The van der Waals surface area contributed by atoms with Crippen LogP contribution < -0.4 is 0 Å². The summed E-state index contributed by atoms with van der Waals surface area (Å²) in [5, 5.41) is 8.71. The van der Waals surface area contributed by atoms with Crippen LogP contribution >= 0.6 is 0 Å². The molecule has 0 aliphatic heterocycles. The van der Waals surface area contributed by atoms with Crippen LogP contribution in [0.4, 0.5) is 0 Å². The van der Waals surface area contributed by atoms with E-state index in [2.05, 4.69) is 9.97 Å². The van der Waals surface area contributed by atoms with E-state index in [0.717, 1.165) is 28.2 Å². The Kier molecular flexibility index (Phi) is 3.39. The maximum atomic E-state index is 10.6. The molecule has 3 aromatic rings. The molecule has 0 aliphatic rings. The van der Waals surface area contributed by atoms with Crippen molar-refractivity contribution in [3.8, 4) is 5.69 Å². The number of carbonyl (C=O) groups is 1. The minimum Gasteiger partial charge on any atom is -0.481 e. The Morgan fingerprint density at radius 3 is 2.71 bits per heavy atom. The fourth-order valence-electron chi connectivity index (χ4n) is 2.40. The number of carboxylic acid groups (broad SMARTS) is 1. The highest BCUT2D eigenvalue weighted by molar-refractivity contribution is 5.73. The molecule has 0 atom stereocenters. The van der Waals surface area contributed by atoms with E-state index in [4.69, 9.17) is 5.11 Å². The van der Waals surface area contributed by atoms with Crippen LogP contribution in [0.3, 0.4) is 0 Å². The van der Waals surface area contributed by atoms with E-state index in [1.54, 1.807) is 6.20 Å². The lowest BCUT2D eigenvalue weighted by Crippen LogP contribution is -2.00. The molecule has 5 nitrogen and oxygen atoms in total. The van der Waals surface area contributed by atoms with Crippen LogP contribution in [0.15, 0.2) is 42.6 Å². The van der Waals surface area contributed by atoms with E-state index < -0.39 is 5.97 Å². The monoisotopic (exact) mass is 281 g/mol. The first-order chi connectivity index (χ1) is 10.1. The van der Waals surface area contributed by atoms with Crippen LogP contribution in [0, 0.1) is 6.92 Å². The van der Waals surface area contributed by atoms with Gasteiger partial charge in [-0.25, -0.2) is 9.97 Å². The van der Waals surface area contributed by atoms with Crippen LogP contribution in [-0.2, 0) is 11.2 Å². The van der Waals surface area contributed by atoms with Gasteiger partial charge in [0, 0.05) is 18.3 Å². The lowest BCUT2D eigenvalue weighted by Gasteiger charge is -2.07. The number of carboxylic acids is 1. The standard InChI is InChI=1S/C16H15N3O2/c1-11-18-14-3-2-10-17-16(14)19(11)13-7-4-12(5-8-13)6-9-15(20)21/h2-5,7-8,10H,6,9H2,1H3,(H,20,21). The Labute approximate surface area is 121 Å². The molecule has 0 saturated heterocycles. The molecule has 0 spiro atoms. The topological polar surface area (TPSA) is 68.0 Å². The van der Waals surface area contributed by atoms with Gasteiger partial charge in [-0.05, 0) is 43.2 Å². The predicted octanol–water partition coefficient (Wildman–Crippen LogP) is 2.75. The van der Waals surface area contributed by atoms with Gasteiger partial charge in [0.15, 0.2) is 5.65 Å². The highest BCUT2D eigenvalue weighted by Crippen LogP contribution is 2.19. The SMILES string of the molecule is Cc1nc2cccnc2n1-c1ccc(CCC(=O)O)cc1. The summed E-state index contributed by atoms with van der Waals surface area (Å²) in [7, 11) is 0. The molecular formula is C16H15N3O2. The lowest BCUT2D eigenvalue weighted by molar-refractivity contribution is -0.136. The number of hydrogen-bond donors (Lipinski definition) is 1. The summed E-state index contributed by atoms with van der Waals surface area (Å²) in [6.07, 6.45) is 2.44. The van der Waals surface area contributed by atoms with Gasteiger partial charge in [0.1, 0.15) is 11.3 Å². The number of aryl methyl sites for hydroxylation is 2. The van der Waals surface area contributed by atoms with Crippen molar-refractivity contribution in [1.82, 2.24) is 14.5 Å². The molecule has 0 aliphatic carbocycles. The van der Waals surface area contributed by atoms with Crippen LogP contribution in [0.1, 0.15) is 17.8 Å². The molecule has 0 radical (unpaired) electrons. The normalized spacial score (nSPS) is 10.9. The third-order valence-electron chi connectivity index (χ3n) is 3.41. The van der Waals surface area contributed by atoms with Crippen LogP contribution in [0.2, 0.25) is 0 Å². The predicted molar refractivity (Wildman–Crippen MR) is 79.6 cm³/mol. The van der Waals surface area contributed by atoms with Crippen LogP contribution in [0.5, 0.6) is 0 Å². The second kappa shape index (κ2) is 5.36. The Morgan fingerprint density at radius 2 is 2.00 bits per heavy atom. The molecule has 2 heterocycles. The molecule has 21 heavy (non-hydrogen) atoms. The Bertz CT molecular complexity index is 791. The molecular weight excluding hydrogens is 266 g/mol. The quantitative estimate of drug-likeness (QED) is 0.798. The lowest BCUT2D eigenvalue weighted by atomic mass is 10.1. The number of aromatic nitrogens is 3. The fraction of sp³-hybridized carbons (Fsp3) is 0.188. The molecule has 106 valence electrons. The van der Waals surface area contributed by atoms with Gasteiger partial charge in [-0.1, -0.05) is 12.1 Å². The molecule has 3 rings (SSSR count). The Morgan fingerprint density at radius 1 is 1.24 bits per heavy atom. The minimum atomic E-state index is -0.778. The highest BCUT2D eigenvalue weighted by Gasteiger charge is 2.09. The van der Waals surface area contributed by atoms with E-state index in [9.17, 15) is 4.79 Å². The van der Waals surface area contributed by atoms with Crippen LogP contribution in [0.25, 0.3) is 16.9 Å². The zero-order valence-electron chi connectivity index (χ0n) is 11.7. The molecule has 2 aromatic heterocycles. The molecule has 0 unspecified atom stereocenters. The zero-order chi connectivity index (χ0) is 14.8. The van der Waals surface area contributed by atoms with Crippen molar-refractivity contribution in [2.24, 2.45) is 0 Å². The minimum absolute atomic E-state index is 0.147. The largest absolute Gasteiger partial charge is 0.481 e. The first kappa shape index (κ1) is 13.3. The smallest absolute Gasteiger partial charge is 0.303 e. The highest BCUT2D eigenvalue weighted by atomic mass is 16.4. The van der Waals surface area contributed by atoms with Crippen molar-refractivity contribution in [2.45, 2.75) is 19.8 Å². The number of benzene rings is 1. The fourth-order valence-corrected chi connectivity index (χ4v) is 2.40. The van der Waals surface area contributed by atoms with E-state index in [-0.39, 0.29) is 6.42 Å². The van der Waals surface area contributed by atoms with Gasteiger partial charge in [0.2, 0.25) is 0 Å². The number of aliphatic carboxylic acids is 1. The van der Waals surface area contributed by atoms with Gasteiger partial charge < -0.3 is 5.11 Å². The zero-order valence-corrected chi connectivity index (χ0v) is 11.7. The summed E-state index contributed by atoms with van der Waals surface area (Å²) in [6.45, 7) is 1.94. The third-order valence-corrected chi connectivity index (χ3v) is 3.41. The van der Waals surface area contributed by atoms with Gasteiger partial charge in [0.05, 0.1) is 0 Å². The van der Waals surface area contributed by atoms with E-state index in [1.807, 2.05) is 47.9 Å². The number of imidazole rings is 1. The maximum absolute atomic E-state index is 10.6. The first-order valence-corrected chi connectivity index (χ1v) is 6.76. The second-order valence-electron chi connectivity index (χ2n) is 4.90. The Balaban J connectivity index is 1.96. The van der Waals surface area contributed by atoms with Crippen molar-refractivity contribution in [2.75, 3.05) is 0 Å². The number of nitrogens with zero attached hydrogens (tertiary/aromatic N) is 3. The first-order valence-electron chi connectivity index (χ1n) is 6.76.